The van der Waals surface area contributed by atoms with Crippen molar-refractivity contribution in [1.29, 1.82) is 0 Å². The molecule has 0 atom stereocenters. The molecule has 0 radical (unpaired) electrons. The van der Waals surface area contributed by atoms with E-state index < -0.39 is 11.6 Å². The van der Waals surface area contributed by atoms with Crippen molar-refractivity contribution in [3.05, 3.63) is 58.3 Å². The number of pyridine rings is 1. The minimum absolute atomic E-state index is 0.268. The summed E-state index contributed by atoms with van der Waals surface area (Å²) < 4.78 is 39.8. The van der Waals surface area contributed by atoms with Crippen molar-refractivity contribution >= 4 is 11.0 Å². The summed E-state index contributed by atoms with van der Waals surface area (Å²) in [5.74, 6) is -0.527. The van der Waals surface area contributed by atoms with Crippen LogP contribution in [0.25, 0.3) is 11.0 Å². The van der Waals surface area contributed by atoms with Crippen molar-refractivity contribution in [2.75, 3.05) is 32.8 Å². The molecule has 8 nitrogen and oxygen atoms in total. The number of aromatic nitrogens is 3. The first-order valence-corrected chi connectivity index (χ1v) is 11.1. The van der Waals surface area contributed by atoms with Crippen molar-refractivity contribution in [3.63, 3.8) is 0 Å². The molecular formula is C23H25F2N5O3. The molecular weight excluding hydrogens is 432 g/mol. The summed E-state index contributed by atoms with van der Waals surface area (Å²) >= 11 is 0. The number of rotatable bonds is 6. The van der Waals surface area contributed by atoms with Crippen LogP contribution < -0.4 is 20.3 Å². The van der Waals surface area contributed by atoms with Crippen LogP contribution in [0.4, 0.5) is 8.78 Å². The van der Waals surface area contributed by atoms with Gasteiger partial charge in [-0.1, -0.05) is 0 Å². The predicted octanol–water partition coefficient (Wildman–Crippen LogP) is 2.10. The molecule has 0 bridgehead atoms. The van der Waals surface area contributed by atoms with E-state index in [9.17, 15) is 13.6 Å². The first-order chi connectivity index (χ1) is 16.1. The summed E-state index contributed by atoms with van der Waals surface area (Å²) in [7, 11) is 0. The van der Waals surface area contributed by atoms with E-state index in [0.717, 1.165) is 55.7 Å². The molecule has 33 heavy (non-hydrogen) atoms. The Kier molecular flexibility index (Phi) is 6.19. The van der Waals surface area contributed by atoms with Gasteiger partial charge in [-0.3, -0.25) is 9.78 Å². The molecule has 0 aliphatic carbocycles. The number of nitrogens with zero attached hydrogens (tertiary/aromatic N) is 4. The maximum Gasteiger partial charge on any atom is 0.269 e. The quantitative estimate of drug-likeness (QED) is 0.607. The monoisotopic (exact) mass is 457 g/mol. The van der Waals surface area contributed by atoms with Gasteiger partial charge in [0.1, 0.15) is 13.2 Å². The van der Waals surface area contributed by atoms with Gasteiger partial charge >= 0.3 is 0 Å². The molecule has 2 aromatic heterocycles. The molecule has 1 aromatic carbocycles. The Balaban J connectivity index is 1.14. The number of likely N-dealkylation sites (tertiary alicyclic amines) is 1. The summed E-state index contributed by atoms with van der Waals surface area (Å²) in [5, 5.41) is 3.56. The molecule has 0 amide bonds. The van der Waals surface area contributed by atoms with E-state index in [1.165, 1.54) is 4.57 Å². The van der Waals surface area contributed by atoms with Crippen molar-refractivity contribution in [2.45, 2.75) is 32.0 Å². The van der Waals surface area contributed by atoms with Gasteiger partial charge in [0.15, 0.2) is 23.1 Å². The average molecular weight is 457 g/mol. The number of nitrogens with one attached hydrogen (secondary N) is 1. The Morgan fingerprint density at radius 1 is 0.970 bits per heavy atom. The second kappa shape index (κ2) is 9.40. The van der Waals surface area contributed by atoms with Crippen LogP contribution in [0.2, 0.25) is 0 Å². The highest BCUT2D eigenvalue weighted by Crippen LogP contribution is 2.29. The van der Waals surface area contributed by atoms with Gasteiger partial charge in [-0.25, -0.2) is 13.8 Å². The zero-order valence-electron chi connectivity index (χ0n) is 18.1. The number of halogens is 2. The summed E-state index contributed by atoms with van der Waals surface area (Å²) in [6.07, 6.45) is 4.80. The van der Waals surface area contributed by atoms with E-state index in [0.29, 0.717) is 50.2 Å². The summed E-state index contributed by atoms with van der Waals surface area (Å²) in [5.41, 5.74) is 1.17. The van der Waals surface area contributed by atoms with Crippen LogP contribution in [0, 0.1) is 11.6 Å². The molecule has 2 aliphatic heterocycles. The van der Waals surface area contributed by atoms with E-state index >= 15 is 0 Å². The van der Waals surface area contributed by atoms with Crippen molar-refractivity contribution < 1.29 is 18.3 Å². The van der Waals surface area contributed by atoms with Crippen LogP contribution in [0.15, 0.2) is 35.4 Å². The van der Waals surface area contributed by atoms with Crippen LogP contribution in [-0.2, 0) is 13.1 Å². The van der Waals surface area contributed by atoms with Crippen molar-refractivity contribution in [3.8, 4) is 11.5 Å². The summed E-state index contributed by atoms with van der Waals surface area (Å²) in [4.78, 5) is 22.9. The Morgan fingerprint density at radius 3 is 2.55 bits per heavy atom. The van der Waals surface area contributed by atoms with E-state index in [1.54, 1.807) is 6.20 Å². The second-order valence-electron chi connectivity index (χ2n) is 8.32. The van der Waals surface area contributed by atoms with E-state index in [-0.39, 0.29) is 11.1 Å². The number of benzene rings is 1. The molecule has 2 aliphatic rings. The van der Waals surface area contributed by atoms with E-state index in [2.05, 4.69) is 20.2 Å². The number of hydrogen-bond acceptors (Lipinski definition) is 7. The van der Waals surface area contributed by atoms with E-state index in [1.807, 2.05) is 6.07 Å². The third-order valence-corrected chi connectivity index (χ3v) is 6.17. The molecule has 0 unspecified atom stereocenters. The fourth-order valence-electron chi connectivity index (χ4n) is 4.33. The maximum atomic E-state index is 13.7. The zero-order chi connectivity index (χ0) is 22.8. The lowest BCUT2D eigenvalue weighted by molar-refractivity contribution is 0.170. The topological polar surface area (TPSA) is 81.5 Å². The number of fused-ring (bicyclic) bond motifs is 2. The largest absolute Gasteiger partial charge is 0.486 e. The van der Waals surface area contributed by atoms with Crippen LogP contribution in [0.5, 0.6) is 11.5 Å². The molecule has 1 saturated heterocycles. The van der Waals surface area contributed by atoms with Gasteiger partial charge in [-0.15, -0.1) is 0 Å². The molecule has 3 aromatic rings. The molecule has 0 spiro atoms. The van der Waals surface area contributed by atoms with Gasteiger partial charge in [-0.2, -0.15) is 0 Å². The highest BCUT2D eigenvalue weighted by atomic mass is 19.2. The lowest BCUT2D eigenvalue weighted by Gasteiger charge is -2.32. The van der Waals surface area contributed by atoms with Gasteiger partial charge in [0.05, 0.1) is 29.1 Å². The van der Waals surface area contributed by atoms with E-state index in [4.69, 9.17) is 9.47 Å². The highest BCUT2D eigenvalue weighted by Gasteiger charge is 2.20. The van der Waals surface area contributed by atoms with Gasteiger partial charge in [-0.05, 0) is 25.9 Å². The molecule has 4 heterocycles. The third-order valence-electron chi connectivity index (χ3n) is 6.17. The predicted molar refractivity (Wildman–Crippen MR) is 117 cm³/mol. The van der Waals surface area contributed by atoms with Gasteiger partial charge in [0, 0.05) is 43.9 Å². The van der Waals surface area contributed by atoms with Crippen LogP contribution in [-0.4, -0.2) is 58.3 Å². The number of piperidine rings is 1. The first kappa shape index (κ1) is 21.7. The lowest BCUT2D eigenvalue weighted by Crippen LogP contribution is -2.43. The molecule has 0 saturated carbocycles. The SMILES string of the molecule is O=c1cnc2cc(F)c(F)cc2n1CCN1CCC(NCc2cc3c(cn2)OCCO3)CC1. The third kappa shape index (κ3) is 4.81. The minimum Gasteiger partial charge on any atom is -0.486 e. The van der Waals surface area contributed by atoms with Gasteiger partial charge < -0.3 is 24.3 Å². The minimum atomic E-state index is -0.983. The van der Waals surface area contributed by atoms with Gasteiger partial charge in [0.25, 0.3) is 5.56 Å². The molecule has 1 N–H and O–H groups in total. The number of ether oxygens (including phenoxy) is 2. The molecule has 174 valence electrons. The maximum absolute atomic E-state index is 13.7. The first-order valence-electron chi connectivity index (χ1n) is 11.1. The zero-order valence-corrected chi connectivity index (χ0v) is 18.1. The standard InChI is InChI=1S/C23H25F2N5O3/c24-17-10-19-20(11-18(17)25)30(23(31)14-28-19)6-5-29-3-1-15(2-4-29)26-12-16-9-21-22(13-27-16)33-8-7-32-21/h9-11,13-15,26H,1-8,12H2. The molecule has 1 fully saturated rings. The van der Waals surface area contributed by atoms with Gasteiger partial charge in [0.2, 0.25) is 0 Å². The molecule has 10 heteroatoms. The van der Waals surface area contributed by atoms with Crippen molar-refractivity contribution in [2.24, 2.45) is 0 Å². The Bertz CT molecular complexity index is 1210. The fourth-order valence-corrected chi connectivity index (χ4v) is 4.33. The highest BCUT2D eigenvalue weighted by molar-refractivity contribution is 5.74. The van der Waals surface area contributed by atoms with Crippen LogP contribution >= 0.6 is 0 Å². The number of hydrogen-bond donors (Lipinski definition) is 1. The fraction of sp³-hybridized carbons (Fsp3) is 0.435. The second-order valence-corrected chi connectivity index (χ2v) is 8.32. The van der Waals surface area contributed by atoms with Crippen LogP contribution in [0.3, 0.4) is 0 Å². The average Bonchev–Trinajstić information content (AvgIpc) is 2.84. The smallest absolute Gasteiger partial charge is 0.269 e. The Labute approximate surface area is 189 Å². The molecule has 5 rings (SSSR count). The Morgan fingerprint density at radius 2 is 1.73 bits per heavy atom. The lowest BCUT2D eigenvalue weighted by atomic mass is 10.0. The summed E-state index contributed by atoms with van der Waals surface area (Å²) in [6, 6.07) is 4.36. The van der Waals surface area contributed by atoms with Crippen LogP contribution in [0.1, 0.15) is 18.5 Å². The summed E-state index contributed by atoms with van der Waals surface area (Å²) in [6.45, 7) is 4.56. The normalized spacial score (nSPS) is 16.9. The Hall–Kier alpha value is -3.11. The van der Waals surface area contributed by atoms with Crippen molar-refractivity contribution in [1.82, 2.24) is 24.8 Å².